The third-order valence-corrected chi connectivity index (χ3v) is 4.67. The molecule has 0 aromatic carbocycles. The molecule has 114 valence electrons. The fraction of sp³-hybridized carbons (Fsp3) is 0.583. The van der Waals surface area contributed by atoms with Gasteiger partial charge in [0.15, 0.2) is 0 Å². The van der Waals surface area contributed by atoms with Gasteiger partial charge in [-0.1, -0.05) is 6.92 Å². The van der Waals surface area contributed by atoms with Crippen LogP contribution in [0.15, 0.2) is 17.2 Å². The Morgan fingerprint density at radius 3 is 2.55 bits per heavy atom. The van der Waals surface area contributed by atoms with Gasteiger partial charge in [-0.15, -0.1) is 0 Å². The normalized spacial score (nSPS) is 14.8. The van der Waals surface area contributed by atoms with E-state index >= 15 is 0 Å². The van der Waals surface area contributed by atoms with E-state index in [0.29, 0.717) is 0 Å². The van der Waals surface area contributed by atoms with E-state index in [2.05, 4.69) is 10.0 Å². The molecular weight excluding hydrogens is 282 g/mol. The molecule has 0 aliphatic heterocycles. The lowest BCUT2D eigenvalue weighted by atomic mass is 10.1. The third-order valence-electron chi connectivity index (χ3n) is 3.29. The van der Waals surface area contributed by atoms with Gasteiger partial charge in [-0.3, -0.25) is 4.79 Å². The number of aliphatic hydroxyl groups is 1. The zero-order chi connectivity index (χ0) is 15.5. The minimum atomic E-state index is -3.57. The molecular formula is C12H21N3O4S. The Hall–Kier alpha value is -1.38. The second-order valence-electron chi connectivity index (χ2n) is 4.80. The smallest absolute Gasteiger partial charge is 0.268 e. The Kier molecular flexibility index (Phi) is 5.32. The van der Waals surface area contributed by atoms with E-state index in [1.54, 1.807) is 14.0 Å². The zero-order valence-electron chi connectivity index (χ0n) is 12.0. The summed E-state index contributed by atoms with van der Waals surface area (Å²) in [6.07, 6.45) is 1.38. The van der Waals surface area contributed by atoms with E-state index in [0.717, 1.165) is 0 Å². The lowest BCUT2D eigenvalue weighted by Crippen LogP contribution is -2.39. The van der Waals surface area contributed by atoms with Gasteiger partial charge in [0.2, 0.25) is 10.0 Å². The number of aryl methyl sites for hydroxylation is 1. The van der Waals surface area contributed by atoms with Crippen molar-refractivity contribution >= 4 is 15.9 Å². The van der Waals surface area contributed by atoms with E-state index in [1.807, 2.05) is 6.92 Å². The lowest BCUT2D eigenvalue weighted by Gasteiger charge is -2.19. The quantitative estimate of drug-likeness (QED) is 0.670. The Labute approximate surface area is 119 Å². The van der Waals surface area contributed by atoms with Crippen LogP contribution in [0.4, 0.5) is 0 Å². The standard InChI is InChI=1S/C12H21N3O4S/c1-8(7-16)9(2)14-12(17)11-5-10(6-15(11)4)20(18,19)13-3/h5-6,8-9,13,16H,7H2,1-4H3,(H,14,17). The van der Waals surface area contributed by atoms with Crippen LogP contribution in [-0.2, 0) is 17.1 Å². The van der Waals surface area contributed by atoms with Crippen molar-refractivity contribution in [3.63, 3.8) is 0 Å². The highest BCUT2D eigenvalue weighted by atomic mass is 32.2. The molecule has 0 saturated carbocycles. The van der Waals surface area contributed by atoms with Crippen molar-refractivity contribution in [1.82, 2.24) is 14.6 Å². The summed E-state index contributed by atoms with van der Waals surface area (Å²) in [6, 6.07) is 1.10. The van der Waals surface area contributed by atoms with E-state index < -0.39 is 10.0 Å². The fourth-order valence-electron chi connectivity index (χ4n) is 1.61. The third kappa shape index (κ3) is 3.59. The van der Waals surface area contributed by atoms with Crippen LogP contribution in [0.5, 0.6) is 0 Å². The maximum absolute atomic E-state index is 12.1. The van der Waals surface area contributed by atoms with Gasteiger partial charge in [0.1, 0.15) is 10.6 Å². The van der Waals surface area contributed by atoms with E-state index in [-0.39, 0.29) is 35.1 Å². The molecule has 1 amide bonds. The van der Waals surface area contributed by atoms with Gasteiger partial charge in [-0.2, -0.15) is 0 Å². The van der Waals surface area contributed by atoms with Gasteiger partial charge in [0.25, 0.3) is 5.91 Å². The molecule has 1 aromatic rings. The number of aliphatic hydroxyl groups excluding tert-OH is 1. The van der Waals surface area contributed by atoms with Crippen LogP contribution in [0.25, 0.3) is 0 Å². The van der Waals surface area contributed by atoms with Crippen LogP contribution < -0.4 is 10.0 Å². The molecule has 0 radical (unpaired) electrons. The molecule has 7 nitrogen and oxygen atoms in total. The molecule has 2 unspecified atom stereocenters. The van der Waals surface area contributed by atoms with E-state index in [9.17, 15) is 13.2 Å². The Bertz CT molecular complexity index is 580. The van der Waals surface area contributed by atoms with Crippen molar-refractivity contribution in [2.24, 2.45) is 13.0 Å². The predicted molar refractivity (Wildman–Crippen MR) is 74.8 cm³/mol. The average Bonchev–Trinajstić information content (AvgIpc) is 2.80. The number of aromatic nitrogens is 1. The molecule has 0 fully saturated rings. The first-order chi connectivity index (χ1) is 9.22. The topological polar surface area (TPSA) is 100 Å². The van der Waals surface area contributed by atoms with Crippen molar-refractivity contribution in [1.29, 1.82) is 0 Å². The average molecular weight is 303 g/mol. The molecule has 1 aromatic heterocycles. The first-order valence-corrected chi connectivity index (χ1v) is 7.73. The fourth-order valence-corrected chi connectivity index (χ4v) is 2.41. The number of carbonyl (C=O) groups is 1. The zero-order valence-corrected chi connectivity index (χ0v) is 12.9. The van der Waals surface area contributed by atoms with Crippen LogP contribution in [0, 0.1) is 5.92 Å². The van der Waals surface area contributed by atoms with E-state index in [1.165, 1.54) is 23.9 Å². The summed E-state index contributed by atoms with van der Waals surface area (Å²) in [6.45, 7) is 3.56. The highest BCUT2D eigenvalue weighted by molar-refractivity contribution is 7.89. The number of carbonyl (C=O) groups excluding carboxylic acids is 1. The number of rotatable bonds is 6. The van der Waals surface area contributed by atoms with Gasteiger partial charge >= 0.3 is 0 Å². The van der Waals surface area contributed by atoms with Crippen molar-refractivity contribution < 1.29 is 18.3 Å². The van der Waals surface area contributed by atoms with Crippen molar-refractivity contribution in [3.05, 3.63) is 18.0 Å². The van der Waals surface area contributed by atoms with Crippen LogP contribution >= 0.6 is 0 Å². The maximum atomic E-state index is 12.1. The summed E-state index contributed by atoms with van der Waals surface area (Å²) in [5.74, 6) is -0.461. The number of nitrogens with one attached hydrogen (secondary N) is 2. The van der Waals surface area contributed by atoms with E-state index in [4.69, 9.17) is 5.11 Å². The maximum Gasteiger partial charge on any atom is 0.268 e. The van der Waals surface area contributed by atoms with Crippen molar-refractivity contribution in [2.75, 3.05) is 13.7 Å². The molecule has 20 heavy (non-hydrogen) atoms. The van der Waals surface area contributed by atoms with Crippen LogP contribution in [0.3, 0.4) is 0 Å². The molecule has 2 atom stereocenters. The first kappa shape index (κ1) is 16.7. The van der Waals surface area contributed by atoms with Gasteiger partial charge < -0.3 is 15.0 Å². The number of nitrogens with zero attached hydrogens (tertiary/aromatic N) is 1. The summed E-state index contributed by atoms with van der Waals surface area (Å²) in [7, 11) is -0.660. The summed E-state index contributed by atoms with van der Waals surface area (Å²) >= 11 is 0. The monoisotopic (exact) mass is 303 g/mol. The minimum Gasteiger partial charge on any atom is -0.396 e. The molecule has 0 aliphatic rings. The second-order valence-corrected chi connectivity index (χ2v) is 6.69. The first-order valence-electron chi connectivity index (χ1n) is 6.24. The molecule has 0 spiro atoms. The molecule has 0 bridgehead atoms. The highest BCUT2D eigenvalue weighted by Gasteiger charge is 2.21. The summed E-state index contributed by atoms with van der Waals surface area (Å²) < 4.78 is 27.0. The largest absolute Gasteiger partial charge is 0.396 e. The molecule has 1 rings (SSSR count). The van der Waals surface area contributed by atoms with Crippen molar-refractivity contribution in [3.8, 4) is 0 Å². The molecule has 0 saturated heterocycles. The van der Waals surface area contributed by atoms with Gasteiger partial charge in [0, 0.05) is 25.9 Å². The lowest BCUT2D eigenvalue weighted by molar-refractivity contribution is 0.0908. The minimum absolute atomic E-state index is 0.0338. The highest BCUT2D eigenvalue weighted by Crippen LogP contribution is 2.13. The summed E-state index contributed by atoms with van der Waals surface area (Å²) in [5, 5.41) is 11.8. The number of hydrogen-bond donors (Lipinski definition) is 3. The summed E-state index contributed by atoms with van der Waals surface area (Å²) in [5.41, 5.74) is 0.246. The molecule has 1 heterocycles. The van der Waals surface area contributed by atoms with Crippen LogP contribution in [0.1, 0.15) is 24.3 Å². The van der Waals surface area contributed by atoms with Crippen LogP contribution in [-0.4, -0.2) is 43.7 Å². The van der Waals surface area contributed by atoms with Gasteiger partial charge in [-0.25, -0.2) is 13.1 Å². The Balaban J connectivity index is 2.96. The van der Waals surface area contributed by atoms with Gasteiger partial charge in [0.05, 0.1) is 0 Å². The molecule has 8 heteroatoms. The molecule has 3 N–H and O–H groups in total. The predicted octanol–water partition coefficient (Wildman–Crippen LogP) is -0.320. The second kappa shape index (κ2) is 6.38. The van der Waals surface area contributed by atoms with Crippen LogP contribution in [0.2, 0.25) is 0 Å². The summed E-state index contributed by atoms with van der Waals surface area (Å²) in [4.78, 5) is 12.1. The SMILES string of the molecule is CNS(=O)(=O)c1cc(C(=O)NC(C)C(C)CO)n(C)c1. The Morgan fingerprint density at radius 2 is 2.05 bits per heavy atom. The number of hydrogen-bond acceptors (Lipinski definition) is 4. The molecule has 0 aliphatic carbocycles. The number of sulfonamides is 1. The number of amides is 1. The van der Waals surface area contributed by atoms with Gasteiger partial charge in [-0.05, 0) is 26.0 Å². The van der Waals surface area contributed by atoms with Crippen molar-refractivity contribution in [2.45, 2.75) is 24.8 Å². The Morgan fingerprint density at radius 1 is 1.45 bits per heavy atom.